The van der Waals surface area contributed by atoms with Crippen LogP contribution in [0, 0.1) is 29.0 Å². The summed E-state index contributed by atoms with van der Waals surface area (Å²) in [5.41, 5.74) is -0.479. The quantitative estimate of drug-likeness (QED) is 0.647. The van der Waals surface area contributed by atoms with Gasteiger partial charge in [0.25, 0.3) is 5.91 Å². The van der Waals surface area contributed by atoms with E-state index in [9.17, 15) is 19.1 Å². The lowest BCUT2D eigenvalue weighted by atomic mass is 9.50. The minimum Gasteiger partial charge on any atom is -0.493 e. The predicted octanol–water partition coefficient (Wildman–Crippen LogP) is 4.89. The van der Waals surface area contributed by atoms with Crippen LogP contribution in [-0.2, 0) is 4.79 Å². The van der Waals surface area contributed by atoms with Crippen LogP contribution >= 0.6 is 0 Å². The number of amides is 1. The summed E-state index contributed by atoms with van der Waals surface area (Å²) < 4.78 is 21.2. The summed E-state index contributed by atoms with van der Waals surface area (Å²) in [5, 5.41) is 11.7. The van der Waals surface area contributed by atoms with Crippen molar-refractivity contribution in [2.45, 2.75) is 76.7 Å². The monoisotopic (exact) mass is 429 g/mol. The van der Waals surface area contributed by atoms with Crippen molar-refractivity contribution >= 4 is 11.9 Å². The summed E-state index contributed by atoms with van der Waals surface area (Å²) >= 11 is 0. The average Bonchev–Trinajstić information content (AvgIpc) is 3.50. The first-order valence-electron chi connectivity index (χ1n) is 11.7. The Labute approximate surface area is 182 Å². The molecule has 6 heteroatoms. The normalized spacial score (nSPS) is 31.5. The van der Waals surface area contributed by atoms with E-state index in [0.29, 0.717) is 12.4 Å². The summed E-state index contributed by atoms with van der Waals surface area (Å²) in [5.74, 6) is 0.799. The molecule has 5 nitrogen and oxygen atoms in total. The molecule has 0 atom stereocenters. The molecule has 5 aliphatic carbocycles. The van der Waals surface area contributed by atoms with Crippen LogP contribution in [0.1, 0.15) is 87.1 Å². The van der Waals surface area contributed by atoms with Crippen LogP contribution in [0.25, 0.3) is 0 Å². The number of carboxylic acids is 1. The second kappa shape index (κ2) is 7.21. The van der Waals surface area contributed by atoms with E-state index in [1.165, 1.54) is 58.4 Å². The molecular formula is C25H32FNO4. The SMILES string of the molecule is CC(C)(NC(=O)c1cc(C2CC2)c(OCC23CC4CC(CC(C4)C2)C3)cc1F)C(=O)O. The maximum Gasteiger partial charge on any atom is 0.328 e. The van der Waals surface area contributed by atoms with E-state index in [1.54, 1.807) is 6.07 Å². The molecule has 0 heterocycles. The highest BCUT2D eigenvalue weighted by molar-refractivity contribution is 5.98. The Hall–Kier alpha value is -2.11. The third kappa shape index (κ3) is 3.94. The Bertz CT molecular complexity index is 885. The standard InChI is InChI=1S/C25H32FNO4/c1-24(2,23(29)30)27-22(28)19-8-18(17-3-4-17)21(9-20(19)26)31-13-25-10-14-5-15(11-25)7-16(6-14)12-25/h8-9,14-17H,3-7,10-13H2,1-2H3,(H,27,28)(H,29,30). The first-order valence-corrected chi connectivity index (χ1v) is 11.7. The number of aliphatic carboxylic acids is 1. The van der Waals surface area contributed by atoms with E-state index < -0.39 is 23.2 Å². The molecule has 5 fully saturated rings. The van der Waals surface area contributed by atoms with Crippen molar-refractivity contribution in [1.29, 1.82) is 0 Å². The number of hydrogen-bond acceptors (Lipinski definition) is 3. The zero-order valence-corrected chi connectivity index (χ0v) is 18.4. The first kappa shape index (κ1) is 20.8. The van der Waals surface area contributed by atoms with E-state index in [2.05, 4.69) is 5.32 Å². The molecule has 0 saturated heterocycles. The van der Waals surface area contributed by atoms with E-state index in [4.69, 9.17) is 4.74 Å². The molecule has 5 saturated carbocycles. The van der Waals surface area contributed by atoms with Gasteiger partial charge in [-0.3, -0.25) is 4.79 Å². The van der Waals surface area contributed by atoms with Gasteiger partial charge in [0.1, 0.15) is 17.1 Å². The summed E-state index contributed by atoms with van der Waals surface area (Å²) in [6.07, 6.45) is 9.80. The van der Waals surface area contributed by atoms with E-state index >= 15 is 0 Å². The largest absolute Gasteiger partial charge is 0.493 e. The van der Waals surface area contributed by atoms with Gasteiger partial charge in [-0.05, 0) is 101 Å². The molecule has 4 bridgehead atoms. The van der Waals surface area contributed by atoms with Crippen molar-refractivity contribution in [3.05, 3.63) is 29.1 Å². The number of benzene rings is 1. The van der Waals surface area contributed by atoms with Crippen molar-refractivity contribution in [3.8, 4) is 5.75 Å². The molecule has 6 rings (SSSR count). The van der Waals surface area contributed by atoms with Gasteiger partial charge in [-0.2, -0.15) is 0 Å². The minimum atomic E-state index is -1.48. The van der Waals surface area contributed by atoms with Gasteiger partial charge in [0.2, 0.25) is 0 Å². The number of carboxylic acid groups (broad SMARTS) is 1. The minimum absolute atomic E-state index is 0.113. The molecule has 0 aromatic heterocycles. The van der Waals surface area contributed by atoms with Gasteiger partial charge in [0, 0.05) is 11.5 Å². The molecule has 2 N–H and O–H groups in total. The molecule has 0 aliphatic heterocycles. The number of halogens is 1. The summed E-state index contributed by atoms with van der Waals surface area (Å²) in [7, 11) is 0. The number of carbonyl (C=O) groups is 2. The molecule has 5 aliphatic rings. The number of carbonyl (C=O) groups excluding carboxylic acids is 1. The summed E-state index contributed by atoms with van der Waals surface area (Å²) in [6.45, 7) is 3.40. The molecule has 0 spiro atoms. The smallest absolute Gasteiger partial charge is 0.328 e. The average molecular weight is 430 g/mol. The van der Waals surface area contributed by atoms with Gasteiger partial charge in [-0.1, -0.05) is 0 Å². The van der Waals surface area contributed by atoms with Crippen LogP contribution in [0.4, 0.5) is 4.39 Å². The Kier molecular flexibility index (Phi) is 4.83. The van der Waals surface area contributed by atoms with Gasteiger partial charge in [0.05, 0.1) is 12.2 Å². The summed E-state index contributed by atoms with van der Waals surface area (Å²) in [6, 6.07) is 2.92. The molecule has 1 aromatic carbocycles. The Balaban J connectivity index is 1.36. The lowest BCUT2D eigenvalue weighted by molar-refractivity contribution is -0.143. The fraction of sp³-hybridized carbons (Fsp3) is 0.680. The van der Waals surface area contributed by atoms with Crippen LogP contribution in [0.2, 0.25) is 0 Å². The predicted molar refractivity (Wildman–Crippen MR) is 114 cm³/mol. The zero-order chi connectivity index (χ0) is 22.0. The number of rotatable bonds is 7. The van der Waals surface area contributed by atoms with Crippen LogP contribution in [0.15, 0.2) is 12.1 Å². The fourth-order valence-electron chi connectivity index (χ4n) is 6.69. The molecule has 31 heavy (non-hydrogen) atoms. The molecule has 0 radical (unpaired) electrons. The molecule has 1 aromatic rings. The van der Waals surface area contributed by atoms with E-state index in [-0.39, 0.29) is 16.9 Å². The molecular weight excluding hydrogens is 397 g/mol. The van der Waals surface area contributed by atoms with Gasteiger partial charge in [0.15, 0.2) is 0 Å². The second-order valence-corrected chi connectivity index (χ2v) is 11.2. The number of nitrogens with one attached hydrogen (secondary N) is 1. The maximum atomic E-state index is 14.9. The molecule has 0 unspecified atom stereocenters. The van der Waals surface area contributed by atoms with Gasteiger partial charge >= 0.3 is 5.97 Å². The van der Waals surface area contributed by atoms with Crippen LogP contribution < -0.4 is 10.1 Å². The van der Waals surface area contributed by atoms with Crippen LogP contribution in [-0.4, -0.2) is 29.1 Å². The van der Waals surface area contributed by atoms with Crippen molar-refractivity contribution in [2.24, 2.45) is 23.2 Å². The highest BCUT2D eigenvalue weighted by atomic mass is 19.1. The van der Waals surface area contributed by atoms with Crippen molar-refractivity contribution in [2.75, 3.05) is 6.61 Å². The Morgan fingerprint density at radius 2 is 1.71 bits per heavy atom. The lowest BCUT2D eigenvalue weighted by Crippen LogP contribution is -2.49. The van der Waals surface area contributed by atoms with Crippen molar-refractivity contribution in [3.63, 3.8) is 0 Å². The van der Waals surface area contributed by atoms with Crippen molar-refractivity contribution < 1.29 is 23.8 Å². The van der Waals surface area contributed by atoms with Gasteiger partial charge < -0.3 is 15.2 Å². The summed E-state index contributed by atoms with van der Waals surface area (Å²) in [4.78, 5) is 24.0. The fourth-order valence-corrected chi connectivity index (χ4v) is 6.69. The molecule has 168 valence electrons. The highest BCUT2D eigenvalue weighted by Crippen LogP contribution is 2.60. The van der Waals surface area contributed by atoms with Gasteiger partial charge in [-0.15, -0.1) is 0 Å². The van der Waals surface area contributed by atoms with Gasteiger partial charge in [-0.25, -0.2) is 9.18 Å². The van der Waals surface area contributed by atoms with Crippen LogP contribution in [0.5, 0.6) is 5.75 Å². The Morgan fingerprint density at radius 1 is 1.13 bits per heavy atom. The first-order chi connectivity index (χ1) is 14.6. The zero-order valence-electron chi connectivity index (χ0n) is 18.4. The van der Waals surface area contributed by atoms with E-state index in [1.807, 2.05) is 0 Å². The lowest BCUT2D eigenvalue weighted by Gasteiger charge is -2.56. The number of ether oxygens (including phenoxy) is 1. The third-order valence-electron chi connectivity index (χ3n) is 8.02. The second-order valence-electron chi connectivity index (χ2n) is 11.2. The highest BCUT2D eigenvalue weighted by Gasteiger charge is 2.51. The van der Waals surface area contributed by atoms with E-state index in [0.717, 1.165) is 36.2 Å². The third-order valence-corrected chi connectivity index (χ3v) is 8.02. The Morgan fingerprint density at radius 3 is 2.23 bits per heavy atom. The maximum absolute atomic E-state index is 14.9. The molecule has 1 amide bonds. The topological polar surface area (TPSA) is 75.6 Å². The van der Waals surface area contributed by atoms with Crippen molar-refractivity contribution in [1.82, 2.24) is 5.32 Å². The van der Waals surface area contributed by atoms with Crippen LogP contribution in [0.3, 0.4) is 0 Å². The number of hydrogen-bond donors (Lipinski definition) is 2.